The summed E-state index contributed by atoms with van der Waals surface area (Å²) in [4.78, 5) is 18.4. The van der Waals surface area contributed by atoms with Crippen LogP contribution < -0.4 is 14.4 Å². The van der Waals surface area contributed by atoms with Crippen molar-refractivity contribution >= 4 is 21.7 Å². The average Bonchev–Trinajstić information content (AvgIpc) is 2.82. The predicted molar refractivity (Wildman–Crippen MR) is 104 cm³/mol. The van der Waals surface area contributed by atoms with E-state index in [9.17, 15) is 13.2 Å². The second kappa shape index (κ2) is 7.06. The van der Waals surface area contributed by atoms with Crippen LogP contribution in [0.15, 0.2) is 71.8 Å². The van der Waals surface area contributed by atoms with Gasteiger partial charge < -0.3 is 4.74 Å². The molecule has 1 amide bonds. The topological polar surface area (TPSA) is 88.6 Å². The molecule has 2 aromatic carbocycles. The summed E-state index contributed by atoms with van der Waals surface area (Å²) in [6.45, 7) is 0.153. The van der Waals surface area contributed by atoms with Crippen LogP contribution in [0, 0.1) is 0 Å². The van der Waals surface area contributed by atoms with Crippen LogP contribution in [0.2, 0.25) is 0 Å². The van der Waals surface area contributed by atoms with Gasteiger partial charge in [0.1, 0.15) is 5.75 Å². The van der Waals surface area contributed by atoms with Crippen molar-refractivity contribution in [3.05, 3.63) is 78.0 Å². The first kappa shape index (κ1) is 18.1. The smallest absolute Gasteiger partial charge is 0.263 e. The van der Waals surface area contributed by atoms with Crippen molar-refractivity contribution in [1.82, 2.24) is 9.71 Å². The normalized spacial score (nSPS) is 13.3. The molecule has 4 rings (SSSR count). The maximum absolute atomic E-state index is 12.8. The van der Waals surface area contributed by atoms with Gasteiger partial charge >= 0.3 is 0 Å². The van der Waals surface area contributed by atoms with Crippen molar-refractivity contribution in [2.75, 3.05) is 11.9 Å². The molecule has 3 aromatic rings. The van der Waals surface area contributed by atoms with Crippen molar-refractivity contribution < 1.29 is 17.9 Å². The van der Waals surface area contributed by atoms with Crippen molar-refractivity contribution in [3.8, 4) is 11.5 Å². The van der Waals surface area contributed by atoms with Gasteiger partial charge in [0.05, 0.1) is 10.5 Å². The number of nitrogens with zero attached hydrogens (tertiary/aromatic N) is 2. The lowest BCUT2D eigenvalue weighted by Gasteiger charge is -2.14. The van der Waals surface area contributed by atoms with Crippen LogP contribution in [-0.4, -0.2) is 26.4 Å². The molecule has 0 spiro atoms. The molecule has 1 aliphatic rings. The van der Waals surface area contributed by atoms with Gasteiger partial charge in [0, 0.05) is 19.8 Å². The Kier molecular flexibility index (Phi) is 4.58. The Morgan fingerprint density at radius 1 is 1.04 bits per heavy atom. The van der Waals surface area contributed by atoms with Crippen LogP contribution in [-0.2, 0) is 16.6 Å². The minimum Gasteiger partial charge on any atom is -0.453 e. The van der Waals surface area contributed by atoms with Gasteiger partial charge in [0.2, 0.25) is 10.0 Å². The van der Waals surface area contributed by atoms with Gasteiger partial charge in [0.25, 0.3) is 5.91 Å². The van der Waals surface area contributed by atoms with Crippen LogP contribution in [0.25, 0.3) is 0 Å². The zero-order chi connectivity index (χ0) is 19.7. The third-order valence-electron chi connectivity index (χ3n) is 4.39. The number of aromatic nitrogens is 1. The molecule has 0 radical (unpaired) electrons. The molecule has 1 N–H and O–H groups in total. The predicted octanol–water partition coefficient (Wildman–Crippen LogP) is 2.94. The minimum atomic E-state index is -3.80. The van der Waals surface area contributed by atoms with Crippen molar-refractivity contribution in [2.24, 2.45) is 0 Å². The first-order valence-corrected chi connectivity index (χ1v) is 10.0. The largest absolute Gasteiger partial charge is 0.453 e. The van der Waals surface area contributed by atoms with Crippen LogP contribution in [0.1, 0.15) is 15.9 Å². The molecule has 28 heavy (non-hydrogen) atoms. The summed E-state index contributed by atoms with van der Waals surface area (Å²) >= 11 is 0. The maximum atomic E-state index is 12.8. The van der Waals surface area contributed by atoms with E-state index < -0.39 is 15.9 Å². The van der Waals surface area contributed by atoms with E-state index in [1.165, 1.54) is 23.1 Å². The Morgan fingerprint density at radius 2 is 1.82 bits per heavy atom. The standard InChI is InChI=1S/C20H17N3O4S/c1-23-19-18(8-5-11-21-19)27-17-10-9-15(12-16(17)20(23)24)28(25,26)22-13-14-6-3-2-4-7-14/h2-12,22H,13H2,1H3. The Morgan fingerprint density at radius 3 is 2.61 bits per heavy atom. The van der Waals surface area contributed by atoms with E-state index in [1.807, 2.05) is 30.3 Å². The van der Waals surface area contributed by atoms with Crippen LogP contribution in [0.5, 0.6) is 11.5 Å². The molecule has 1 aliphatic heterocycles. The second-order valence-corrected chi connectivity index (χ2v) is 8.03. The number of carbonyl (C=O) groups excluding carboxylic acids is 1. The highest BCUT2D eigenvalue weighted by Gasteiger charge is 2.28. The van der Waals surface area contributed by atoms with Crippen LogP contribution in [0.3, 0.4) is 0 Å². The summed E-state index contributed by atoms with van der Waals surface area (Å²) in [5, 5.41) is 0. The third-order valence-corrected chi connectivity index (χ3v) is 5.79. The number of rotatable bonds is 4. The zero-order valence-corrected chi connectivity index (χ0v) is 15.8. The van der Waals surface area contributed by atoms with E-state index in [-0.39, 0.29) is 22.8 Å². The summed E-state index contributed by atoms with van der Waals surface area (Å²) in [6, 6.07) is 16.8. The molecule has 8 heteroatoms. The van der Waals surface area contributed by atoms with E-state index in [0.29, 0.717) is 11.6 Å². The molecule has 2 heterocycles. The van der Waals surface area contributed by atoms with Crippen LogP contribution >= 0.6 is 0 Å². The van der Waals surface area contributed by atoms with Gasteiger partial charge in [-0.15, -0.1) is 0 Å². The maximum Gasteiger partial charge on any atom is 0.263 e. The zero-order valence-electron chi connectivity index (χ0n) is 15.0. The Labute approximate surface area is 162 Å². The Balaban J connectivity index is 1.66. The van der Waals surface area contributed by atoms with Gasteiger partial charge in [-0.05, 0) is 35.9 Å². The summed E-state index contributed by atoms with van der Waals surface area (Å²) in [7, 11) is -2.23. The van der Waals surface area contributed by atoms with Crippen molar-refractivity contribution in [1.29, 1.82) is 0 Å². The fourth-order valence-electron chi connectivity index (χ4n) is 2.90. The molecule has 0 atom stereocenters. The quantitative estimate of drug-likeness (QED) is 0.734. The number of benzene rings is 2. The molecule has 0 fully saturated rings. The Hall–Kier alpha value is -3.23. The summed E-state index contributed by atoms with van der Waals surface area (Å²) in [5.74, 6) is 0.684. The molecule has 142 valence electrons. The van der Waals surface area contributed by atoms with Crippen molar-refractivity contribution in [3.63, 3.8) is 0 Å². The van der Waals surface area contributed by atoms with Gasteiger partial charge in [-0.25, -0.2) is 18.1 Å². The fraction of sp³-hybridized carbons (Fsp3) is 0.100. The number of amides is 1. The summed E-state index contributed by atoms with van der Waals surface area (Å²) in [5.41, 5.74) is 0.990. The molecule has 1 aromatic heterocycles. The van der Waals surface area contributed by atoms with E-state index in [0.717, 1.165) is 5.56 Å². The Bertz CT molecular complexity index is 1150. The number of sulfonamides is 1. The highest BCUT2D eigenvalue weighted by Crippen LogP contribution is 2.37. The number of carbonyl (C=O) groups is 1. The lowest BCUT2D eigenvalue weighted by molar-refractivity contribution is 0.0992. The van der Waals surface area contributed by atoms with Crippen LogP contribution in [0.4, 0.5) is 5.82 Å². The first-order valence-electron chi connectivity index (χ1n) is 8.54. The number of pyridine rings is 1. The van der Waals surface area contributed by atoms with E-state index in [4.69, 9.17) is 4.74 Å². The average molecular weight is 395 g/mol. The first-order chi connectivity index (χ1) is 13.5. The number of fused-ring (bicyclic) bond motifs is 2. The molecule has 0 saturated carbocycles. The summed E-state index contributed by atoms with van der Waals surface area (Å²) in [6.07, 6.45) is 1.56. The molecule has 0 unspecified atom stereocenters. The molecule has 0 bridgehead atoms. The molecule has 0 saturated heterocycles. The SMILES string of the molecule is CN1C(=O)c2cc(S(=O)(=O)NCc3ccccc3)ccc2Oc2cccnc21. The number of anilines is 1. The molecular formula is C20H17N3O4S. The number of hydrogen-bond donors (Lipinski definition) is 1. The number of hydrogen-bond acceptors (Lipinski definition) is 5. The van der Waals surface area contributed by atoms with Gasteiger partial charge in [-0.3, -0.25) is 9.69 Å². The van der Waals surface area contributed by atoms with E-state index in [1.54, 1.807) is 25.4 Å². The van der Waals surface area contributed by atoms with Gasteiger partial charge in [0.15, 0.2) is 11.6 Å². The molecule has 0 aliphatic carbocycles. The van der Waals surface area contributed by atoms with E-state index >= 15 is 0 Å². The number of ether oxygens (including phenoxy) is 1. The van der Waals surface area contributed by atoms with Gasteiger partial charge in [-0.2, -0.15) is 0 Å². The fourth-order valence-corrected chi connectivity index (χ4v) is 3.94. The van der Waals surface area contributed by atoms with Crippen molar-refractivity contribution in [2.45, 2.75) is 11.4 Å². The molecule has 7 nitrogen and oxygen atoms in total. The lowest BCUT2D eigenvalue weighted by atomic mass is 10.2. The summed E-state index contributed by atoms with van der Waals surface area (Å²) < 4.78 is 33.7. The van der Waals surface area contributed by atoms with Gasteiger partial charge in [-0.1, -0.05) is 30.3 Å². The third kappa shape index (κ3) is 3.35. The highest BCUT2D eigenvalue weighted by molar-refractivity contribution is 7.89. The molecular weight excluding hydrogens is 378 g/mol. The van der Waals surface area contributed by atoms with E-state index in [2.05, 4.69) is 9.71 Å². The monoisotopic (exact) mass is 395 g/mol. The highest BCUT2D eigenvalue weighted by atomic mass is 32.2. The number of nitrogens with one attached hydrogen (secondary N) is 1. The lowest BCUT2D eigenvalue weighted by Crippen LogP contribution is -2.27. The second-order valence-electron chi connectivity index (χ2n) is 6.26. The minimum absolute atomic E-state index is 0.00792.